The summed E-state index contributed by atoms with van der Waals surface area (Å²) >= 11 is 0. The molecule has 2 unspecified atom stereocenters. The fraction of sp³-hybridized carbons (Fsp3) is 0.923. The average Bonchev–Trinajstić information content (AvgIpc) is 2.77. The molecule has 1 fully saturated rings. The van der Waals surface area contributed by atoms with Crippen LogP contribution in [0, 0.1) is 5.92 Å². The predicted octanol–water partition coefficient (Wildman–Crippen LogP) is 2.02. The largest absolute Gasteiger partial charge is 0.344 e. The molecule has 0 bridgehead atoms. The fourth-order valence-corrected chi connectivity index (χ4v) is 2.49. The molecule has 2 atom stereocenters. The summed E-state index contributed by atoms with van der Waals surface area (Å²) in [6.45, 7) is 8.33. The molecule has 0 aromatic rings. The van der Waals surface area contributed by atoms with E-state index in [9.17, 15) is 4.79 Å². The Morgan fingerprint density at radius 1 is 1.50 bits per heavy atom. The Bertz CT molecular complexity index is 234. The van der Waals surface area contributed by atoms with Gasteiger partial charge < -0.3 is 10.2 Å². The van der Waals surface area contributed by atoms with Gasteiger partial charge in [-0.15, -0.1) is 0 Å². The van der Waals surface area contributed by atoms with Crippen LogP contribution in [0.5, 0.6) is 0 Å². The van der Waals surface area contributed by atoms with Crippen molar-refractivity contribution in [1.82, 2.24) is 10.2 Å². The third kappa shape index (κ3) is 2.76. The van der Waals surface area contributed by atoms with Gasteiger partial charge in [0.15, 0.2) is 0 Å². The van der Waals surface area contributed by atoms with Crippen LogP contribution in [0.2, 0.25) is 0 Å². The first-order valence-electron chi connectivity index (χ1n) is 6.56. The first-order chi connectivity index (χ1) is 7.55. The summed E-state index contributed by atoms with van der Waals surface area (Å²) in [6, 6.07) is 0. The number of nitrogens with one attached hydrogen (secondary N) is 1. The van der Waals surface area contributed by atoms with E-state index in [0.717, 1.165) is 38.8 Å². The number of rotatable bonds is 5. The maximum Gasteiger partial charge on any atom is 0.242 e. The van der Waals surface area contributed by atoms with Crippen LogP contribution >= 0.6 is 0 Å². The molecule has 1 N–H and O–H groups in total. The van der Waals surface area contributed by atoms with Crippen LogP contribution in [0.4, 0.5) is 0 Å². The second kappa shape index (κ2) is 5.67. The Morgan fingerprint density at radius 2 is 2.19 bits per heavy atom. The minimum absolute atomic E-state index is 0.262. The van der Waals surface area contributed by atoms with Crippen LogP contribution < -0.4 is 5.32 Å². The van der Waals surface area contributed by atoms with Gasteiger partial charge in [0.05, 0.1) is 5.54 Å². The van der Waals surface area contributed by atoms with Crippen molar-refractivity contribution >= 4 is 5.91 Å². The minimum atomic E-state index is -0.262. The van der Waals surface area contributed by atoms with Crippen molar-refractivity contribution in [1.29, 1.82) is 0 Å². The Hall–Kier alpha value is -0.570. The summed E-state index contributed by atoms with van der Waals surface area (Å²) in [7, 11) is 1.94. The molecule has 0 aromatic carbocycles. The van der Waals surface area contributed by atoms with E-state index >= 15 is 0 Å². The van der Waals surface area contributed by atoms with E-state index in [1.165, 1.54) is 0 Å². The van der Waals surface area contributed by atoms with Crippen molar-refractivity contribution in [2.75, 3.05) is 20.1 Å². The monoisotopic (exact) mass is 226 g/mol. The van der Waals surface area contributed by atoms with E-state index in [1.54, 1.807) is 0 Å². The third-order valence-corrected chi connectivity index (χ3v) is 3.89. The van der Waals surface area contributed by atoms with Gasteiger partial charge in [-0.05, 0) is 31.7 Å². The smallest absolute Gasteiger partial charge is 0.242 e. The Labute approximate surface area is 99.6 Å². The topological polar surface area (TPSA) is 32.3 Å². The standard InChI is InChI=1S/C13H26N2O/c1-5-11(3)10-15(4)12(16)13(6-2)8-7-9-14-13/h11,14H,5-10H2,1-4H3. The molecule has 0 spiro atoms. The van der Waals surface area contributed by atoms with Gasteiger partial charge in [-0.3, -0.25) is 4.79 Å². The van der Waals surface area contributed by atoms with Gasteiger partial charge in [0.1, 0.15) is 0 Å². The van der Waals surface area contributed by atoms with Crippen LogP contribution in [-0.4, -0.2) is 36.5 Å². The molecular formula is C13H26N2O. The van der Waals surface area contributed by atoms with Crippen molar-refractivity contribution in [2.24, 2.45) is 5.92 Å². The molecule has 1 saturated heterocycles. The highest BCUT2D eigenvalue weighted by atomic mass is 16.2. The van der Waals surface area contributed by atoms with E-state index in [-0.39, 0.29) is 11.4 Å². The normalized spacial score (nSPS) is 26.8. The molecule has 1 rings (SSSR count). The summed E-state index contributed by atoms with van der Waals surface area (Å²) in [4.78, 5) is 14.3. The lowest BCUT2D eigenvalue weighted by atomic mass is 9.92. The summed E-state index contributed by atoms with van der Waals surface area (Å²) < 4.78 is 0. The molecule has 1 heterocycles. The molecule has 0 aliphatic carbocycles. The van der Waals surface area contributed by atoms with Crippen molar-refractivity contribution in [3.8, 4) is 0 Å². The molecule has 1 aliphatic rings. The van der Waals surface area contributed by atoms with Gasteiger partial charge in [0, 0.05) is 13.6 Å². The number of carbonyl (C=O) groups is 1. The third-order valence-electron chi connectivity index (χ3n) is 3.89. The van der Waals surface area contributed by atoms with Gasteiger partial charge in [-0.1, -0.05) is 27.2 Å². The lowest BCUT2D eigenvalue weighted by molar-refractivity contribution is -0.137. The molecule has 1 amide bonds. The number of hydrogen-bond donors (Lipinski definition) is 1. The summed E-state index contributed by atoms with van der Waals surface area (Å²) in [6.07, 6.45) is 4.14. The van der Waals surface area contributed by atoms with Crippen LogP contribution in [-0.2, 0) is 4.79 Å². The zero-order chi connectivity index (χ0) is 12.2. The lowest BCUT2D eigenvalue weighted by Gasteiger charge is -2.33. The minimum Gasteiger partial charge on any atom is -0.344 e. The molecular weight excluding hydrogens is 200 g/mol. The SMILES string of the molecule is CCC(C)CN(C)C(=O)C1(CC)CCCN1. The number of carbonyl (C=O) groups excluding carboxylic acids is 1. The molecule has 0 saturated carbocycles. The Morgan fingerprint density at radius 3 is 2.62 bits per heavy atom. The van der Waals surface area contributed by atoms with Crippen LogP contribution in [0.15, 0.2) is 0 Å². The van der Waals surface area contributed by atoms with Crippen LogP contribution in [0.1, 0.15) is 46.5 Å². The summed E-state index contributed by atoms with van der Waals surface area (Å²) in [5.74, 6) is 0.872. The van der Waals surface area contributed by atoms with Gasteiger partial charge in [0.2, 0.25) is 5.91 Å². The van der Waals surface area contributed by atoms with E-state index < -0.39 is 0 Å². The average molecular weight is 226 g/mol. The molecule has 3 nitrogen and oxygen atoms in total. The molecule has 3 heteroatoms. The maximum absolute atomic E-state index is 12.4. The van der Waals surface area contributed by atoms with Crippen molar-refractivity contribution in [3.05, 3.63) is 0 Å². The Kier molecular flexibility index (Phi) is 4.78. The number of nitrogens with zero attached hydrogens (tertiary/aromatic N) is 1. The molecule has 0 aromatic heterocycles. The summed E-state index contributed by atoms with van der Waals surface area (Å²) in [5.41, 5.74) is -0.262. The predicted molar refractivity (Wildman–Crippen MR) is 67.4 cm³/mol. The number of likely N-dealkylation sites (N-methyl/N-ethyl adjacent to an activating group) is 1. The zero-order valence-corrected chi connectivity index (χ0v) is 11.2. The van der Waals surface area contributed by atoms with Gasteiger partial charge >= 0.3 is 0 Å². The molecule has 0 radical (unpaired) electrons. The molecule has 94 valence electrons. The maximum atomic E-state index is 12.4. The first kappa shape index (κ1) is 13.5. The second-order valence-electron chi connectivity index (χ2n) is 5.17. The lowest BCUT2D eigenvalue weighted by Crippen LogP contribution is -2.54. The van der Waals surface area contributed by atoms with E-state index in [4.69, 9.17) is 0 Å². The van der Waals surface area contributed by atoms with E-state index in [1.807, 2.05) is 11.9 Å². The first-order valence-corrected chi connectivity index (χ1v) is 6.56. The Balaban J connectivity index is 2.61. The molecule has 1 aliphatic heterocycles. The van der Waals surface area contributed by atoms with Crippen LogP contribution in [0.3, 0.4) is 0 Å². The van der Waals surface area contributed by atoms with Crippen molar-refractivity contribution in [3.63, 3.8) is 0 Å². The highest BCUT2D eigenvalue weighted by Gasteiger charge is 2.40. The number of hydrogen-bond acceptors (Lipinski definition) is 2. The van der Waals surface area contributed by atoms with Crippen LogP contribution in [0.25, 0.3) is 0 Å². The summed E-state index contributed by atoms with van der Waals surface area (Å²) in [5, 5.41) is 3.40. The van der Waals surface area contributed by atoms with Gasteiger partial charge in [0.25, 0.3) is 0 Å². The number of amides is 1. The van der Waals surface area contributed by atoms with Gasteiger partial charge in [-0.2, -0.15) is 0 Å². The second-order valence-corrected chi connectivity index (χ2v) is 5.17. The zero-order valence-electron chi connectivity index (χ0n) is 11.2. The fourth-order valence-electron chi connectivity index (χ4n) is 2.49. The highest BCUT2D eigenvalue weighted by Crippen LogP contribution is 2.25. The highest BCUT2D eigenvalue weighted by molar-refractivity contribution is 5.86. The van der Waals surface area contributed by atoms with Crippen molar-refractivity contribution in [2.45, 2.75) is 52.0 Å². The van der Waals surface area contributed by atoms with E-state index in [2.05, 4.69) is 26.1 Å². The van der Waals surface area contributed by atoms with E-state index in [0.29, 0.717) is 5.92 Å². The quantitative estimate of drug-likeness (QED) is 0.778. The van der Waals surface area contributed by atoms with Gasteiger partial charge in [-0.25, -0.2) is 0 Å². The molecule has 16 heavy (non-hydrogen) atoms. The van der Waals surface area contributed by atoms with Crippen molar-refractivity contribution < 1.29 is 4.79 Å².